The third kappa shape index (κ3) is 4.88. The van der Waals surface area contributed by atoms with Crippen LogP contribution in [0.3, 0.4) is 0 Å². The third-order valence-electron chi connectivity index (χ3n) is 1.84. The quantitative estimate of drug-likeness (QED) is 0.511. The highest BCUT2D eigenvalue weighted by molar-refractivity contribution is 9.10. The van der Waals surface area contributed by atoms with Crippen molar-refractivity contribution in [3.05, 3.63) is 32.8 Å². The van der Waals surface area contributed by atoms with Gasteiger partial charge in [-0.1, -0.05) is 15.9 Å². The van der Waals surface area contributed by atoms with Crippen LogP contribution in [0.4, 0.5) is 24.5 Å². The monoisotopic (exact) mass is 328 g/mol. The van der Waals surface area contributed by atoms with E-state index in [2.05, 4.69) is 26.0 Å². The molecule has 100 valence electrons. The Bertz CT molecular complexity index is 440. The number of alkyl halides is 3. The number of ether oxygens (including phenoxy) is 1. The molecule has 0 aromatic heterocycles. The van der Waals surface area contributed by atoms with Crippen LogP contribution in [-0.2, 0) is 4.74 Å². The van der Waals surface area contributed by atoms with Crippen LogP contribution in [0.25, 0.3) is 0 Å². The Balaban J connectivity index is 2.59. The highest BCUT2D eigenvalue weighted by Gasteiger charge is 2.28. The van der Waals surface area contributed by atoms with Gasteiger partial charge in [0.05, 0.1) is 11.5 Å². The molecule has 0 amide bonds. The first-order valence-electron chi connectivity index (χ1n) is 4.68. The molecule has 0 heterocycles. The lowest BCUT2D eigenvalue weighted by Gasteiger charge is -2.09. The number of hydrogen-bond donors (Lipinski definition) is 1. The molecule has 0 aliphatic carbocycles. The van der Waals surface area contributed by atoms with Gasteiger partial charge >= 0.3 is 6.36 Å². The van der Waals surface area contributed by atoms with E-state index in [4.69, 9.17) is 0 Å². The number of nitrogens with one attached hydrogen (secondary N) is 1. The van der Waals surface area contributed by atoms with E-state index in [1.165, 1.54) is 12.1 Å². The number of rotatable bonds is 5. The van der Waals surface area contributed by atoms with Crippen LogP contribution >= 0.6 is 15.9 Å². The first-order valence-corrected chi connectivity index (χ1v) is 5.47. The zero-order valence-electron chi connectivity index (χ0n) is 8.83. The summed E-state index contributed by atoms with van der Waals surface area (Å²) in [5, 5.41) is 13.2. The number of nitro benzene ring substituents is 1. The summed E-state index contributed by atoms with van der Waals surface area (Å²) in [4.78, 5) is 10.1. The molecule has 0 atom stereocenters. The van der Waals surface area contributed by atoms with Crippen LogP contribution in [0.15, 0.2) is 22.7 Å². The molecule has 0 fully saturated rings. The van der Waals surface area contributed by atoms with E-state index < -0.39 is 17.9 Å². The van der Waals surface area contributed by atoms with Crippen molar-refractivity contribution in [3.63, 3.8) is 0 Å². The van der Waals surface area contributed by atoms with Crippen LogP contribution < -0.4 is 5.32 Å². The van der Waals surface area contributed by atoms with E-state index in [0.717, 1.165) is 0 Å². The average Bonchev–Trinajstić information content (AvgIpc) is 2.24. The summed E-state index contributed by atoms with van der Waals surface area (Å²) < 4.78 is 39.1. The van der Waals surface area contributed by atoms with Crippen LogP contribution in [0, 0.1) is 10.1 Å². The minimum Gasteiger partial charge on any atom is -0.377 e. The molecule has 0 aliphatic rings. The van der Waals surface area contributed by atoms with E-state index in [1.54, 1.807) is 6.07 Å². The summed E-state index contributed by atoms with van der Waals surface area (Å²) in [5.74, 6) is 0. The summed E-state index contributed by atoms with van der Waals surface area (Å²) >= 11 is 3.07. The van der Waals surface area contributed by atoms with Gasteiger partial charge in [-0.15, -0.1) is 13.2 Å². The largest absolute Gasteiger partial charge is 0.522 e. The van der Waals surface area contributed by atoms with E-state index >= 15 is 0 Å². The smallest absolute Gasteiger partial charge is 0.377 e. The van der Waals surface area contributed by atoms with Gasteiger partial charge in [0.25, 0.3) is 5.69 Å². The summed E-state index contributed by atoms with van der Waals surface area (Å²) in [7, 11) is 0. The van der Waals surface area contributed by atoms with Crippen LogP contribution in [0.1, 0.15) is 0 Å². The van der Waals surface area contributed by atoms with Gasteiger partial charge in [-0.25, -0.2) is 0 Å². The Morgan fingerprint density at radius 3 is 2.67 bits per heavy atom. The fraction of sp³-hybridized carbons (Fsp3) is 0.333. The lowest BCUT2D eigenvalue weighted by molar-refractivity contribution is -0.384. The average molecular weight is 329 g/mol. The molecular weight excluding hydrogens is 321 g/mol. The molecule has 0 bridgehead atoms. The van der Waals surface area contributed by atoms with Gasteiger partial charge in [-0.3, -0.25) is 14.9 Å². The molecule has 0 unspecified atom stereocenters. The number of benzene rings is 1. The summed E-state index contributed by atoms with van der Waals surface area (Å²) in [5.41, 5.74) is -0.0923. The van der Waals surface area contributed by atoms with Gasteiger partial charge in [-0.2, -0.15) is 0 Å². The van der Waals surface area contributed by atoms with Crippen LogP contribution in [0.2, 0.25) is 0 Å². The second-order valence-corrected chi connectivity index (χ2v) is 4.06. The molecule has 0 saturated carbocycles. The SMILES string of the molecule is O=[N+]([O-])c1cc(Br)ccc1NCCOC(F)(F)F. The van der Waals surface area contributed by atoms with Crippen molar-refractivity contribution in [3.8, 4) is 0 Å². The molecule has 0 radical (unpaired) electrons. The van der Waals surface area contributed by atoms with Gasteiger partial charge in [-0.05, 0) is 12.1 Å². The zero-order valence-corrected chi connectivity index (χ0v) is 10.4. The molecule has 1 aromatic carbocycles. The van der Waals surface area contributed by atoms with Crippen molar-refractivity contribution in [2.45, 2.75) is 6.36 Å². The predicted molar refractivity (Wildman–Crippen MR) is 61.3 cm³/mol. The van der Waals surface area contributed by atoms with Gasteiger partial charge in [0.2, 0.25) is 0 Å². The van der Waals surface area contributed by atoms with Crippen molar-refractivity contribution in [1.29, 1.82) is 0 Å². The number of nitrogens with zero attached hydrogens (tertiary/aromatic N) is 1. The van der Waals surface area contributed by atoms with Gasteiger partial charge < -0.3 is 5.32 Å². The zero-order chi connectivity index (χ0) is 13.8. The fourth-order valence-corrected chi connectivity index (χ4v) is 1.51. The minimum absolute atomic E-state index is 0.133. The first kappa shape index (κ1) is 14.7. The Morgan fingerprint density at radius 1 is 1.44 bits per heavy atom. The van der Waals surface area contributed by atoms with Crippen molar-refractivity contribution in [2.75, 3.05) is 18.5 Å². The van der Waals surface area contributed by atoms with Gasteiger partial charge in [0, 0.05) is 17.1 Å². The standard InChI is InChI=1S/C9H8BrF3N2O3/c10-6-1-2-7(8(5-6)15(16)17)14-3-4-18-9(11,12)13/h1-2,5,14H,3-4H2. The molecule has 1 rings (SSSR count). The maximum atomic E-state index is 11.7. The predicted octanol–water partition coefficient (Wildman–Crippen LogP) is 3.31. The maximum absolute atomic E-state index is 11.7. The lowest BCUT2D eigenvalue weighted by atomic mass is 10.2. The number of hydrogen-bond acceptors (Lipinski definition) is 4. The van der Waals surface area contributed by atoms with Gasteiger partial charge in [0.1, 0.15) is 5.69 Å². The molecule has 9 heteroatoms. The molecule has 0 spiro atoms. The Kier molecular flexibility index (Phi) is 4.91. The molecule has 5 nitrogen and oxygen atoms in total. The van der Waals surface area contributed by atoms with E-state index in [9.17, 15) is 23.3 Å². The molecule has 1 aromatic rings. The van der Waals surface area contributed by atoms with Crippen LogP contribution in [-0.4, -0.2) is 24.4 Å². The van der Waals surface area contributed by atoms with Crippen LogP contribution in [0.5, 0.6) is 0 Å². The Morgan fingerprint density at radius 2 is 2.11 bits per heavy atom. The van der Waals surface area contributed by atoms with E-state index in [1.807, 2.05) is 0 Å². The molecule has 0 aliphatic heterocycles. The molecular formula is C9H8BrF3N2O3. The first-order chi connectivity index (χ1) is 8.29. The third-order valence-corrected chi connectivity index (χ3v) is 2.33. The number of anilines is 1. The van der Waals surface area contributed by atoms with E-state index in [-0.39, 0.29) is 17.9 Å². The minimum atomic E-state index is -4.70. The molecule has 18 heavy (non-hydrogen) atoms. The van der Waals surface area contributed by atoms with Crippen molar-refractivity contribution < 1.29 is 22.8 Å². The Hall–Kier alpha value is -1.35. The molecule has 1 N–H and O–H groups in total. The van der Waals surface area contributed by atoms with E-state index in [0.29, 0.717) is 4.47 Å². The maximum Gasteiger partial charge on any atom is 0.522 e. The topological polar surface area (TPSA) is 64.4 Å². The summed E-state index contributed by atoms with van der Waals surface area (Å²) in [6, 6.07) is 4.20. The Labute approximate surface area is 108 Å². The summed E-state index contributed by atoms with van der Waals surface area (Å²) in [6.45, 7) is -0.821. The molecule has 0 saturated heterocycles. The lowest BCUT2D eigenvalue weighted by Crippen LogP contribution is -2.19. The van der Waals surface area contributed by atoms with Crippen molar-refractivity contribution in [2.24, 2.45) is 0 Å². The van der Waals surface area contributed by atoms with Crippen molar-refractivity contribution in [1.82, 2.24) is 0 Å². The second-order valence-electron chi connectivity index (χ2n) is 3.14. The number of halogens is 4. The summed E-state index contributed by atoms with van der Waals surface area (Å²) in [6.07, 6.45) is -4.70. The normalized spacial score (nSPS) is 11.3. The highest BCUT2D eigenvalue weighted by atomic mass is 79.9. The number of nitro groups is 1. The van der Waals surface area contributed by atoms with Crippen molar-refractivity contribution >= 4 is 27.3 Å². The fourth-order valence-electron chi connectivity index (χ4n) is 1.16. The highest BCUT2D eigenvalue weighted by Crippen LogP contribution is 2.27. The van der Waals surface area contributed by atoms with Gasteiger partial charge in [0.15, 0.2) is 0 Å². The second kappa shape index (κ2) is 6.01.